The zero-order valence-corrected chi connectivity index (χ0v) is 13.6. The number of carbonyl (C=O) groups excluding carboxylic acids is 2. The normalized spacial score (nSPS) is 15.3. The highest BCUT2D eigenvalue weighted by atomic mass is 16.5. The van der Waals surface area contributed by atoms with Crippen LogP contribution in [0.25, 0.3) is 0 Å². The lowest BCUT2D eigenvalue weighted by Crippen LogP contribution is -2.50. The summed E-state index contributed by atoms with van der Waals surface area (Å²) in [4.78, 5) is 23.9. The lowest BCUT2D eigenvalue weighted by molar-refractivity contribution is -0.128. The summed E-state index contributed by atoms with van der Waals surface area (Å²) >= 11 is 0. The molecule has 1 aromatic rings. The number of rotatable bonds is 7. The molecular weight excluding hydrogens is 298 g/mol. The molecule has 1 heterocycles. The Morgan fingerprint density at radius 1 is 1.22 bits per heavy atom. The van der Waals surface area contributed by atoms with E-state index in [0.717, 1.165) is 13.1 Å². The van der Waals surface area contributed by atoms with E-state index in [1.54, 1.807) is 18.2 Å². The summed E-state index contributed by atoms with van der Waals surface area (Å²) in [6.07, 6.45) is 0. The van der Waals surface area contributed by atoms with E-state index < -0.39 is 0 Å². The van der Waals surface area contributed by atoms with Gasteiger partial charge in [0.15, 0.2) is 0 Å². The first-order valence-electron chi connectivity index (χ1n) is 7.55. The van der Waals surface area contributed by atoms with Gasteiger partial charge in [0.2, 0.25) is 11.8 Å². The van der Waals surface area contributed by atoms with Crippen molar-refractivity contribution in [1.29, 1.82) is 0 Å². The van der Waals surface area contributed by atoms with E-state index in [1.165, 1.54) is 14.2 Å². The average Bonchev–Trinajstić information content (AvgIpc) is 2.50. The average molecular weight is 321 g/mol. The van der Waals surface area contributed by atoms with Gasteiger partial charge in [0.25, 0.3) is 0 Å². The van der Waals surface area contributed by atoms with Crippen molar-refractivity contribution in [3.8, 4) is 11.5 Å². The maximum absolute atomic E-state index is 12.0. The summed E-state index contributed by atoms with van der Waals surface area (Å²) < 4.78 is 10.3. The van der Waals surface area contributed by atoms with Gasteiger partial charge < -0.3 is 25.4 Å². The van der Waals surface area contributed by atoms with Crippen molar-refractivity contribution < 1.29 is 19.1 Å². The quantitative estimate of drug-likeness (QED) is 0.685. The molecule has 126 valence electrons. The molecule has 1 aromatic carbocycles. The van der Waals surface area contributed by atoms with Crippen molar-refractivity contribution in [2.24, 2.45) is 11.8 Å². The fourth-order valence-electron chi connectivity index (χ4n) is 2.29. The van der Waals surface area contributed by atoms with Gasteiger partial charge in [0.1, 0.15) is 11.5 Å². The molecule has 1 aliphatic heterocycles. The van der Waals surface area contributed by atoms with Crippen molar-refractivity contribution in [1.82, 2.24) is 10.6 Å². The van der Waals surface area contributed by atoms with Gasteiger partial charge in [-0.3, -0.25) is 9.59 Å². The molecule has 1 fully saturated rings. The van der Waals surface area contributed by atoms with Crippen molar-refractivity contribution in [2.45, 2.75) is 6.92 Å². The summed E-state index contributed by atoms with van der Waals surface area (Å²) in [6, 6.07) is 5.08. The van der Waals surface area contributed by atoms with Gasteiger partial charge in [-0.05, 0) is 19.0 Å². The van der Waals surface area contributed by atoms with Crippen LogP contribution in [0.4, 0.5) is 5.69 Å². The molecular formula is C16H23N3O4. The van der Waals surface area contributed by atoms with Gasteiger partial charge in [-0.1, -0.05) is 6.92 Å². The van der Waals surface area contributed by atoms with Gasteiger partial charge in [0.05, 0.1) is 20.8 Å². The highest BCUT2D eigenvalue weighted by Crippen LogP contribution is 2.25. The van der Waals surface area contributed by atoms with E-state index in [0.29, 0.717) is 23.1 Å². The molecule has 2 amide bonds. The Balaban J connectivity index is 1.85. The zero-order chi connectivity index (χ0) is 16.8. The van der Waals surface area contributed by atoms with Crippen LogP contribution in [0.15, 0.2) is 18.2 Å². The SMILES string of the molecule is COc1cc(NC(=O)CNC(=O)C(C)C2CNC2)cc(OC)c1. The van der Waals surface area contributed by atoms with Crippen molar-refractivity contribution >= 4 is 17.5 Å². The van der Waals surface area contributed by atoms with Crippen LogP contribution in [0, 0.1) is 11.8 Å². The fraction of sp³-hybridized carbons (Fsp3) is 0.500. The largest absolute Gasteiger partial charge is 0.497 e. The first kappa shape index (κ1) is 17.1. The Morgan fingerprint density at radius 3 is 2.30 bits per heavy atom. The predicted octanol–water partition coefficient (Wildman–Crippen LogP) is 0.614. The zero-order valence-electron chi connectivity index (χ0n) is 13.6. The third-order valence-corrected chi connectivity index (χ3v) is 3.99. The maximum atomic E-state index is 12.0. The molecule has 0 saturated carbocycles. The molecule has 23 heavy (non-hydrogen) atoms. The topological polar surface area (TPSA) is 88.7 Å². The summed E-state index contributed by atoms with van der Waals surface area (Å²) in [6.45, 7) is 3.52. The minimum Gasteiger partial charge on any atom is -0.497 e. The number of benzene rings is 1. The van der Waals surface area contributed by atoms with E-state index in [4.69, 9.17) is 9.47 Å². The summed E-state index contributed by atoms with van der Waals surface area (Å²) in [5.74, 6) is 1.01. The van der Waals surface area contributed by atoms with Crippen molar-refractivity contribution in [3.05, 3.63) is 18.2 Å². The number of carbonyl (C=O) groups is 2. The van der Waals surface area contributed by atoms with Crippen LogP contribution in [0.5, 0.6) is 11.5 Å². The van der Waals surface area contributed by atoms with E-state index >= 15 is 0 Å². The lowest BCUT2D eigenvalue weighted by atomic mass is 9.88. The highest BCUT2D eigenvalue weighted by molar-refractivity contribution is 5.95. The lowest BCUT2D eigenvalue weighted by Gasteiger charge is -2.31. The summed E-state index contributed by atoms with van der Waals surface area (Å²) in [5.41, 5.74) is 0.552. The first-order chi connectivity index (χ1) is 11.0. The molecule has 7 heteroatoms. The second-order valence-electron chi connectivity index (χ2n) is 5.57. The predicted molar refractivity (Wildman–Crippen MR) is 86.7 cm³/mol. The van der Waals surface area contributed by atoms with Crippen LogP contribution < -0.4 is 25.4 Å². The van der Waals surface area contributed by atoms with Crippen LogP contribution in [-0.2, 0) is 9.59 Å². The highest BCUT2D eigenvalue weighted by Gasteiger charge is 2.28. The number of ether oxygens (including phenoxy) is 2. The molecule has 3 N–H and O–H groups in total. The van der Waals surface area contributed by atoms with E-state index in [-0.39, 0.29) is 24.3 Å². The van der Waals surface area contributed by atoms with Gasteiger partial charge >= 0.3 is 0 Å². The number of hydrogen-bond acceptors (Lipinski definition) is 5. The number of anilines is 1. The molecule has 0 radical (unpaired) electrons. The fourth-order valence-corrected chi connectivity index (χ4v) is 2.29. The Kier molecular flexibility index (Phi) is 5.81. The molecule has 7 nitrogen and oxygen atoms in total. The van der Waals surface area contributed by atoms with Gasteiger partial charge in [0, 0.05) is 29.8 Å². The second kappa shape index (κ2) is 7.82. The molecule has 1 saturated heterocycles. The molecule has 1 unspecified atom stereocenters. The smallest absolute Gasteiger partial charge is 0.243 e. The molecule has 1 atom stereocenters. The minimum atomic E-state index is -0.299. The monoisotopic (exact) mass is 321 g/mol. The molecule has 0 aliphatic carbocycles. The Hall–Kier alpha value is -2.28. The molecule has 1 aliphatic rings. The van der Waals surface area contributed by atoms with Crippen LogP contribution in [0.3, 0.4) is 0 Å². The van der Waals surface area contributed by atoms with E-state index in [2.05, 4.69) is 16.0 Å². The molecule has 0 spiro atoms. The van der Waals surface area contributed by atoms with Crippen LogP contribution >= 0.6 is 0 Å². The van der Waals surface area contributed by atoms with Crippen molar-refractivity contribution in [3.63, 3.8) is 0 Å². The van der Waals surface area contributed by atoms with Gasteiger partial charge in [-0.15, -0.1) is 0 Å². The molecule has 2 rings (SSSR count). The van der Waals surface area contributed by atoms with Crippen molar-refractivity contribution in [2.75, 3.05) is 39.2 Å². The summed E-state index contributed by atoms with van der Waals surface area (Å²) in [5, 5.41) is 8.52. The van der Waals surface area contributed by atoms with Gasteiger partial charge in [-0.2, -0.15) is 0 Å². The van der Waals surface area contributed by atoms with E-state index in [1.807, 2.05) is 6.92 Å². The Bertz CT molecular complexity index is 550. The van der Waals surface area contributed by atoms with Crippen LogP contribution in [0.1, 0.15) is 6.92 Å². The Labute approximate surface area is 135 Å². The minimum absolute atomic E-state index is 0.0666. The number of nitrogens with one attached hydrogen (secondary N) is 3. The number of amides is 2. The molecule has 0 aromatic heterocycles. The summed E-state index contributed by atoms with van der Waals surface area (Å²) in [7, 11) is 3.08. The maximum Gasteiger partial charge on any atom is 0.243 e. The van der Waals surface area contributed by atoms with Crippen LogP contribution in [-0.4, -0.2) is 45.7 Å². The number of methoxy groups -OCH3 is 2. The first-order valence-corrected chi connectivity index (χ1v) is 7.55. The van der Waals surface area contributed by atoms with Crippen LogP contribution in [0.2, 0.25) is 0 Å². The second-order valence-corrected chi connectivity index (χ2v) is 5.57. The Morgan fingerprint density at radius 2 is 1.83 bits per heavy atom. The van der Waals surface area contributed by atoms with E-state index in [9.17, 15) is 9.59 Å². The van der Waals surface area contributed by atoms with Gasteiger partial charge in [-0.25, -0.2) is 0 Å². The third kappa shape index (κ3) is 4.59. The standard InChI is InChI=1S/C16H23N3O4/c1-10(11-7-17-8-11)16(21)18-9-15(20)19-12-4-13(22-2)6-14(5-12)23-3/h4-6,10-11,17H,7-9H2,1-3H3,(H,18,21)(H,19,20). The molecule has 0 bridgehead atoms. The third-order valence-electron chi connectivity index (χ3n) is 3.99. The number of hydrogen-bond donors (Lipinski definition) is 3.